The minimum atomic E-state index is -1.11. The van der Waals surface area contributed by atoms with Gasteiger partial charge in [0, 0.05) is 84.4 Å². The van der Waals surface area contributed by atoms with E-state index in [4.69, 9.17) is 24.2 Å². The summed E-state index contributed by atoms with van der Waals surface area (Å²) in [5.74, 6) is -0.882. The van der Waals surface area contributed by atoms with Crippen molar-refractivity contribution in [3.8, 4) is 11.3 Å². The summed E-state index contributed by atoms with van der Waals surface area (Å²) in [5.41, 5.74) is 9.69. The first kappa shape index (κ1) is 42.0. The Labute approximate surface area is 355 Å². The van der Waals surface area contributed by atoms with Crippen LogP contribution in [0.4, 0.5) is 0 Å². The molecule has 1 saturated carbocycles. The van der Waals surface area contributed by atoms with E-state index in [1.165, 1.54) is 11.3 Å². The van der Waals surface area contributed by atoms with Crippen molar-refractivity contribution in [3.63, 3.8) is 0 Å². The number of benzene rings is 1. The highest BCUT2D eigenvalue weighted by Crippen LogP contribution is 2.53. The molecule has 8 atom stereocenters. The molecule has 1 aromatic carbocycles. The average Bonchev–Trinajstić information content (AvgIpc) is 3.55. The number of thioether (sulfide) groups is 1. The first-order valence-electron chi connectivity index (χ1n) is 21.2. The number of pyridine rings is 1. The van der Waals surface area contributed by atoms with Crippen molar-refractivity contribution in [1.29, 1.82) is 0 Å². The van der Waals surface area contributed by atoms with Gasteiger partial charge in [-0.25, -0.2) is 15.4 Å². The van der Waals surface area contributed by atoms with Gasteiger partial charge in [-0.3, -0.25) is 29.4 Å². The normalized spacial score (nSPS) is 27.2. The molecule has 2 fully saturated rings. The van der Waals surface area contributed by atoms with E-state index in [1.54, 1.807) is 31.3 Å². The monoisotopic (exact) mass is 836 g/mol. The van der Waals surface area contributed by atoms with Gasteiger partial charge in [0.2, 0.25) is 5.91 Å². The molecular weight excluding hydrogens is 781 g/mol. The maximum absolute atomic E-state index is 14.8. The molecule has 3 aliphatic heterocycles. The number of carbonyl (C=O) groups is 3. The van der Waals surface area contributed by atoms with Crippen LogP contribution < -0.4 is 10.7 Å². The number of aliphatic imine (C=N–C) groups is 1. The molecule has 1 unspecified atom stereocenters. The second-order valence-corrected chi connectivity index (χ2v) is 18.2. The summed E-state index contributed by atoms with van der Waals surface area (Å²) in [4.78, 5) is 61.4. The quantitative estimate of drug-likeness (QED) is 0.191. The third kappa shape index (κ3) is 8.08. The number of methoxy groups -OCH3 is 1. The second-order valence-electron chi connectivity index (χ2n) is 17.1. The Bertz CT molecular complexity index is 2280. The molecule has 4 aliphatic rings. The number of aryl methyl sites for hydroxylation is 1. The lowest BCUT2D eigenvalue weighted by Crippen LogP contribution is -2.63. The molecule has 2 N–H and O–H groups in total. The Balaban J connectivity index is 1.23. The predicted octanol–water partition coefficient (Wildman–Crippen LogP) is 5.97. The Hall–Kier alpha value is -4.70. The van der Waals surface area contributed by atoms with Crippen LogP contribution in [0, 0.1) is 17.3 Å². The fourth-order valence-corrected chi connectivity index (χ4v) is 10.4. The molecule has 2 amide bonds. The second kappa shape index (κ2) is 17.3. The number of hydrogen-bond acceptors (Lipinski definition) is 12. The van der Waals surface area contributed by atoms with Crippen molar-refractivity contribution in [3.05, 3.63) is 77.6 Å². The van der Waals surface area contributed by atoms with Crippen LogP contribution in [-0.2, 0) is 41.6 Å². The van der Waals surface area contributed by atoms with Crippen molar-refractivity contribution >= 4 is 45.5 Å². The third-order valence-corrected chi connectivity index (χ3v) is 13.6. The van der Waals surface area contributed by atoms with Gasteiger partial charge in [-0.1, -0.05) is 26.8 Å². The number of hydrazine groups is 1. The lowest BCUT2D eigenvalue weighted by atomic mass is 9.84. The zero-order valence-electron chi connectivity index (χ0n) is 35.5. The standard InChI is InChI=1S/C45H56N8O6S/c1-8-52-34-15-14-27-20-29(34)30(39(52)28-12-10-17-47-37(28)26(4)57-7)21-45(5,6)23-59-44(56)32-13-11-19-53(51-32)43(55)38(40(58-9-2)42-49-33(27)22-60-42)50-41(54)36-25(3)35(36)31-16-18-46-24-48-31/h10,12,14-18,20,24-26,32-33,35-36,38,40,51H,8-9,11,13,19,21-23H2,1-7H3,(H,50,54)/t25-,26+,32+,33?,35-,36+,38+,40+/m1/s1. The van der Waals surface area contributed by atoms with Gasteiger partial charge in [0.25, 0.3) is 5.91 Å². The van der Waals surface area contributed by atoms with Gasteiger partial charge in [-0.15, -0.1) is 11.8 Å². The number of nitrogens with zero attached hydrogens (tertiary/aromatic N) is 6. The molecule has 0 radical (unpaired) electrons. The molecule has 0 spiro atoms. The first-order chi connectivity index (χ1) is 28.9. The smallest absolute Gasteiger partial charge is 0.324 e. The van der Waals surface area contributed by atoms with Crippen LogP contribution in [0.15, 0.2) is 60.1 Å². The van der Waals surface area contributed by atoms with Crippen molar-refractivity contribution in [1.82, 2.24) is 35.3 Å². The molecule has 6 bridgehead atoms. The molecule has 14 nitrogen and oxygen atoms in total. The zero-order chi connectivity index (χ0) is 42.3. The van der Waals surface area contributed by atoms with Crippen molar-refractivity contribution in [2.75, 3.05) is 32.6 Å². The largest absolute Gasteiger partial charge is 0.464 e. The van der Waals surface area contributed by atoms with E-state index >= 15 is 0 Å². The van der Waals surface area contributed by atoms with Crippen LogP contribution in [0.1, 0.15) is 95.0 Å². The van der Waals surface area contributed by atoms with Crippen LogP contribution >= 0.6 is 11.8 Å². The number of rotatable bonds is 9. The molecule has 3 aromatic heterocycles. The van der Waals surface area contributed by atoms with Gasteiger partial charge < -0.3 is 24.1 Å². The minimum absolute atomic E-state index is 0.0230. The summed E-state index contributed by atoms with van der Waals surface area (Å²) in [5, 5.41) is 6.33. The maximum atomic E-state index is 14.8. The Morgan fingerprint density at radius 2 is 1.98 bits per heavy atom. The summed E-state index contributed by atoms with van der Waals surface area (Å²) in [6, 6.07) is 10.4. The lowest BCUT2D eigenvalue weighted by molar-refractivity contribution is -0.156. The molecule has 318 valence electrons. The van der Waals surface area contributed by atoms with Gasteiger partial charge in [-0.05, 0) is 87.4 Å². The highest BCUT2D eigenvalue weighted by atomic mass is 32.2. The summed E-state index contributed by atoms with van der Waals surface area (Å²) in [7, 11) is 1.70. The number of ether oxygens (including phenoxy) is 3. The van der Waals surface area contributed by atoms with E-state index < -0.39 is 35.5 Å². The van der Waals surface area contributed by atoms with Gasteiger partial charge in [-0.2, -0.15) is 0 Å². The van der Waals surface area contributed by atoms with E-state index in [0.717, 1.165) is 51.2 Å². The Morgan fingerprint density at radius 3 is 2.73 bits per heavy atom. The van der Waals surface area contributed by atoms with Gasteiger partial charge >= 0.3 is 5.97 Å². The Kier molecular flexibility index (Phi) is 12.1. The topological polar surface area (TPSA) is 162 Å². The van der Waals surface area contributed by atoms with Crippen LogP contribution in [0.2, 0.25) is 0 Å². The highest BCUT2D eigenvalue weighted by Gasteiger charge is 2.54. The zero-order valence-corrected chi connectivity index (χ0v) is 36.3. The van der Waals surface area contributed by atoms with E-state index in [9.17, 15) is 14.4 Å². The van der Waals surface area contributed by atoms with Gasteiger partial charge in [0.05, 0.1) is 30.1 Å². The molecule has 8 rings (SSSR count). The Morgan fingerprint density at radius 1 is 1.15 bits per heavy atom. The molecular formula is C45H56N8O6S. The number of cyclic esters (lactones) is 1. The predicted molar refractivity (Wildman–Crippen MR) is 230 cm³/mol. The van der Waals surface area contributed by atoms with Gasteiger partial charge in [0.1, 0.15) is 29.6 Å². The van der Waals surface area contributed by atoms with Crippen LogP contribution in [0.5, 0.6) is 0 Å². The van der Waals surface area contributed by atoms with Crippen molar-refractivity contribution < 1.29 is 28.6 Å². The fraction of sp³-hybridized carbons (Fsp3) is 0.533. The van der Waals surface area contributed by atoms with Crippen LogP contribution in [-0.4, -0.2) is 98.2 Å². The third-order valence-electron chi connectivity index (χ3n) is 12.5. The summed E-state index contributed by atoms with van der Waals surface area (Å²) < 4.78 is 20.7. The average molecular weight is 837 g/mol. The van der Waals surface area contributed by atoms with E-state index in [-0.39, 0.29) is 49.0 Å². The number of fused-ring (bicyclic) bond motifs is 5. The van der Waals surface area contributed by atoms with E-state index in [2.05, 4.69) is 70.3 Å². The van der Waals surface area contributed by atoms with Crippen LogP contribution in [0.25, 0.3) is 22.2 Å². The van der Waals surface area contributed by atoms with Gasteiger partial charge in [0.15, 0.2) is 0 Å². The van der Waals surface area contributed by atoms with E-state index in [0.29, 0.717) is 36.6 Å². The highest BCUT2D eigenvalue weighted by molar-refractivity contribution is 8.14. The minimum Gasteiger partial charge on any atom is -0.464 e. The number of carbonyl (C=O) groups excluding carboxylic acids is 3. The number of nitrogens with one attached hydrogen (secondary N) is 2. The van der Waals surface area contributed by atoms with Crippen molar-refractivity contribution in [2.45, 2.75) is 104 Å². The number of esters is 1. The van der Waals surface area contributed by atoms with E-state index in [1.807, 2.05) is 32.9 Å². The maximum Gasteiger partial charge on any atom is 0.324 e. The summed E-state index contributed by atoms with van der Waals surface area (Å²) in [6.45, 7) is 13.8. The molecule has 1 saturated heterocycles. The molecule has 4 aromatic rings. The number of amides is 2. The fourth-order valence-electron chi connectivity index (χ4n) is 9.24. The molecule has 60 heavy (non-hydrogen) atoms. The SMILES string of the molecule is CCO[C@@H]1C2=NC(CS2)c2ccc3c(c2)c(c(-c2cccnc2[C@H](C)OC)n3CC)CC(C)(C)COC(=O)[C@@H]2CCCN(N2)C(=O)[C@H]1NC(=O)[C@H]1[C@H](C)[C@@H]1c1ccncn1. The molecule has 6 heterocycles. The first-order valence-corrected chi connectivity index (χ1v) is 22.2. The summed E-state index contributed by atoms with van der Waals surface area (Å²) >= 11 is 1.55. The number of aromatic nitrogens is 4. The van der Waals surface area contributed by atoms with Crippen molar-refractivity contribution in [2.24, 2.45) is 22.2 Å². The summed E-state index contributed by atoms with van der Waals surface area (Å²) in [6.07, 6.45) is 5.55. The molecule has 1 aliphatic carbocycles. The lowest BCUT2D eigenvalue weighted by Gasteiger charge is -2.37. The molecule has 15 heteroatoms. The number of hydrogen-bond donors (Lipinski definition) is 2. The van der Waals surface area contributed by atoms with Crippen LogP contribution in [0.3, 0.4) is 0 Å².